The van der Waals surface area contributed by atoms with Gasteiger partial charge in [-0.15, -0.1) is 0 Å². The van der Waals surface area contributed by atoms with Gasteiger partial charge in [-0.1, -0.05) is 43.0 Å². The fraction of sp³-hybridized carbons (Fsp3) is 0.217. The number of carbonyl (C=O) groups excluding carboxylic acids is 2. The number of ether oxygens (including phenoxy) is 1. The van der Waals surface area contributed by atoms with E-state index in [1.165, 1.54) is 6.08 Å². The number of amides is 2. The molecule has 0 bridgehead atoms. The maximum atomic E-state index is 13.4. The molecule has 0 spiro atoms. The first-order valence-electron chi connectivity index (χ1n) is 9.64. The first kappa shape index (κ1) is 19.0. The van der Waals surface area contributed by atoms with Crippen molar-refractivity contribution in [1.29, 1.82) is 0 Å². The van der Waals surface area contributed by atoms with Crippen LogP contribution in [0.5, 0.6) is 0 Å². The van der Waals surface area contributed by atoms with Crippen molar-refractivity contribution in [2.75, 3.05) is 26.2 Å². The predicted octanol–water partition coefficient (Wildman–Crippen LogP) is 2.75. The molecule has 148 valence electrons. The molecule has 6 heteroatoms. The Kier molecular flexibility index (Phi) is 5.44. The van der Waals surface area contributed by atoms with Crippen LogP contribution >= 0.6 is 0 Å². The molecular weight excluding hydrogens is 366 g/mol. The molecular formula is C23H23N3O3. The van der Waals surface area contributed by atoms with Crippen LogP contribution in [0.3, 0.4) is 0 Å². The Bertz CT molecular complexity index is 1040. The van der Waals surface area contributed by atoms with E-state index in [1.807, 2.05) is 65.2 Å². The fourth-order valence-electron chi connectivity index (χ4n) is 3.64. The summed E-state index contributed by atoms with van der Waals surface area (Å²) in [5.74, 6) is -0.276. The van der Waals surface area contributed by atoms with Gasteiger partial charge in [-0.25, -0.2) is 0 Å². The van der Waals surface area contributed by atoms with Crippen LogP contribution in [0.1, 0.15) is 10.4 Å². The van der Waals surface area contributed by atoms with Crippen LogP contribution in [-0.2, 0) is 9.53 Å². The average molecular weight is 389 g/mol. The number of fused-ring (bicyclic) bond motifs is 1. The first-order chi connectivity index (χ1) is 14.2. The van der Waals surface area contributed by atoms with Crippen molar-refractivity contribution >= 4 is 17.3 Å². The first-order valence-corrected chi connectivity index (χ1v) is 9.64. The minimum atomic E-state index is -0.247. The average Bonchev–Trinajstić information content (AvgIpc) is 3.17. The fourth-order valence-corrected chi connectivity index (χ4v) is 3.64. The number of aromatic nitrogens is 1. The minimum Gasteiger partial charge on any atom is -0.373 e. The molecule has 0 aliphatic carbocycles. The number of nitrogens with one attached hydrogen (secondary N) is 1. The van der Waals surface area contributed by atoms with E-state index in [-0.39, 0.29) is 17.9 Å². The third-order valence-electron chi connectivity index (χ3n) is 5.09. The van der Waals surface area contributed by atoms with Crippen LogP contribution in [0.25, 0.3) is 16.8 Å². The van der Waals surface area contributed by atoms with Crippen LogP contribution in [-0.4, -0.2) is 53.5 Å². The van der Waals surface area contributed by atoms with Crippen molar-refractivity contribution < 1.29 is 14.3 Å². The molecule has 0 radical (unpaired) electrons. The standard InChI is InChI=1S/C23H23N3O3/c1-2-22(27)24-15-18-16-25(12-13-29-18)23(28)19-14-21(17-8-4-3-5-9-17)26-11-7-6-10-20(19)26/h2-11,14,18H,1,12-13,15-16H2,(H,24,27)/t18-/m0/s1. The molecule has 3 heterocycles. The van der Waals surface area contributed by atoms with Gasteiger partial charge in [0.1, 0.15) is 0 Å². The molecule has 0 unspecified atom stereocenters. The van der Waals surface area contributed by atoms with Gasteiger partial charge < -0.3 is 19.4 Å². The number of carbonyl (C=O) groups is 2. The highest BCUT2D eigenvalue weighted by Crippen LogP contribution is 2.27. The molecule has 1 atom stereocenters. The summed E-state index contributed by atoms with van der Waals surface area (Å²) in [6.45, 7) is 5.19. The SMILES string of the molecule is C=CC(=O)NC[C@H]1CN(C(=O)c2cc(-c3ccccc3)n3ccccc23)CCO1. The van der Waals surface area contributed by atoms with E-state index in [4.69, 9.17) is 4.74 Å². The Labute approximate surface area is 169 Å². The lowest BCUT2D eigenvalue weighted by molar-refractivity contribution is -0.117. The predicted molar refractivity (Wildman–Crippen MR) is 112 cm³/mol. The van der Waals surface area contributed by atoms with E-state index in [1.54, 1.807) is 4.90 Å². The number of hydrogen-bond acceptors (Lipinski definition) is 3. The maximum Gasteiger partial charge on any atom is 0.256 e. The summed E-state index contributed by atoms with van der Waals surface area (Å²) in [5, 5.41) is 2.73. The molecule has 1 N–H and O–H groups in total. The van der Waals surface area contributed by atoms with Gasteiger partial charge in [0.05, 0.1) is 29.5 Å². The van der Waals surface area contributed by atoms with E-state index in [0.717, 1.165) is 16.8 Å². The van der Waals surface area contributed by atoms with Crippen molar-refractivity contribution in [1.82, 2.24) is 14.6 Å². The molecule has 2 amide bonds. The van der Waals surface area contributed by atoms with Gasteiger partial charge in [0.25, 0.3) is 5.91 Å². The second kappa shape index (κ2) is 8.32. The van der Waals surface area contributed by atoms with Gasteiger partial charge in [0.15, 0.2) is 0 Å². The van der Waals surface area contributed by atoms with Gasteiger partial charge in [0, 0.05) is 25.8 Å². The maximum absolute atomic E-state index is 13.4. The third kappa shape index (κ3) is 3.93. The van der Waals surface area contributed by atoms with Crippen molar-refractivity contribution in [2.45, 2.75) is 6.10 Å². The second-order valence-corrected chi connectivity index (χ2v) is 6.96. The van der Waals surface area contributed by atoms with Gasteiger partial charge in [-0.05, 0) is 29.8 Å². The van der Waals surface area contributed by atoms with Crippen molar-refractivity contribution in [2.24, 2.45) is 0 Å². The van der Waals surface area contributed by atoms with Crippen LogP contribution in [0, 0.1) is 0 Å². The van der Waals surface area contributed by atoms with Crippen LogP contribution in [0.2, 0.25) is 0 Å². The summed E-state index contributed by atoms with van der Waals surface area (Å²) < 4.78 is 7.75. The van der Waals surface area contributed by atoms with Crippen LogP contribution in [0.15, 0.2) is 73.4 Å². The lowest BCUT2D eigenvalue weighted by Gasteiger charge is -2.33. The Balaban J connectivity index is 1.60. The molecule has 29 heavy (non-hydrogen) atoms. The largest absolute Gasteiger partial charge is 0.373 e. The Morgan fingerprint density at radius 1 is 1.17 bits per heavy atom. The Morgan fingerprint density at radius 2 is 1.97 bits per heavy atom. The molecule has 1 aromatic carbocycles. The van der Waals surface area contributed by atoms with E-state index in [9.17, 15) is 9.59 Å². The van der Waals surface area contributed by atoms with Gasteiger partial charge in [-0.3, -0.25) is 9.59 Å². The molecule has 3 aromatic rings. The minimum absolute atomic E-state index is 0.0285. The van der Waals surface area contributed by atoms with E-state index in [0.29, 0.717) is 31.8 Å². The summed E-state index contributed by atoms with van der Waals surface area (Å²) in [7, 11) is 0. The number of nitrogens with zero attached hydrogens (tertiary/aromatic N) is 2. The molecule has 1 fully saturated rings. The lowest BCUT2D eigenvalue weighted by atomic mass is 10.1. The zero-order chi connectivity index (χ0) is 20.2. The number of benzene rings is 1. The molecule has 6 nitrogen and oxygen atoms in total. The summed E-state index contributed by atoms with van der Waals surface area (Å²) >= 11 is 0. The van der Waals surface area contributed by atoms with Crippen molar-refractivity contribution in [3.8, 4) is 11.3 Å². The molecule has 1 aliphatic rings. The van der Waals surface area contributed by atoms with Gasteiger partial charge in [-0.2, -0.15) is 0 Å². The zero-order valence-electron chi connectivity index (χ0n) is 16.1. The van der Waals surface area contributed by atoms with E-state index < -0.39 is 0 Å². The molecule has 4 rings (SSSR count). The monoisotopic (exact) mass is 389 g/mol. The number of hydrogen-bond donors (Lipinski definition) is 1. The quantitative estimate of drug-likeness (QED) is 0.683. The number of rotatable bonds is 5. The summed E-state index contributed by atoms with van der Waals surface area (Å²) in [6.07, 6.45) is 2.96. The Morgan fingerprint density at radius 3 is 2.76 bits per heavy atom. The van der Waals surface area contributed by atoms with Crippen LogP contribution in [0.4, 0.5) is 0 Å². The normalized spacial score (nSPS) is 16.6. The summed E-state index contributed by atoms with van der Waals surface area (Å²) in [4.78, 5) is 26.6. The van der Waals surface area contributed by atoms with Crippen molar-refractivity contribution in [3.05, 3.63) is 79.0 Å². The topological polar surface area (TPSA) is 63.1 Å². The second-order valence-electron chi connectivity index (χ2n) is 6.96. The Hall–Kier alpha value is -3.38. The lowest BCUT2D eigenvalue weighted by Crippen LogP contribution is -2.49. The van der Waals surface area contributed by atoms with Crippen molar-refractivity contribution in [3.63, 3.8) is 0 Å². The van der Waals surface area contributed by atoms with Crippen LogP contribution < -0.4 is 5.32 Å². The van der Waals surface area contributed by atoms with E-state index >= 15 is 0 Å². The van der Waals surface area contributed by atoms with E-state index in [2.05, 4.69) is 11.9 Å². The third-order valence-corrected chi connectivity index (χ3v) is 5.09. The zero-order valence-corrected chi connectivity index (χ0v) is 16.1. The number of pyridine rings is 1. The molecule has 1 saturated heterocycles. The highest BCUT2D eigenvalue weighted by atomic mass is 16.5. The molecule has 0 saturated carbocycles. The number of morpholine rings is 1. The van der Waals surface area contributed by atoms with Gasteiger partial charge >= 0.3 is 0 Å². The van der Waals surface area contributed by atoms with Gasteiger partial charge in [0.2, 0.25) is 5.91 Å². The smallest absolute Gasteiger partial charge is 0.256 e. The molecule has 2 aromatic heterocycles. The summed E-state index contributed by atoms with van der Waals surface area (Å²) in [6, 6.07) is 17.8. The molecule has 1 aliphatic heterocycles. The summed E-state index contributed by atoms with van der Waals surface area (Å²) in [5.41, 5.74) is 3.58. The highest BCUT2D eigenvalue weighted by Gasteiger charge is 2.27. The highest BCUT2D eigenvalue weighted by molar-refractivity contribution is 6.03.